The number of benzene rings is 2. The first-order chi connectivity index (χ1) is 9.88. The lowest BCUT2D eigenvalue weighted by Crippen LogP contribution is -2.06. The number of hydrogen-bond acceptors (Lipinski definition) is 1. The number of allylic oxidation sites excluding steroid dienone is 1. The van der Waals surface area contributed by atoms with E-state index in [0.717, 1.165) is 17.7 Å². The second kappa shape index (κ2) is 5.95. The molecule has 0 N–H and O–H groups in total. The van der Waals surface area contributed by atoms with Crippen LogP contribution in [0.3, 0.4) is 0 Å². The van der Waals surface area contributed by atoms with E-state index in [0.29, 0.717) is 5.57 Å². The van der Waals surface area contributed by atoms with E-state index in [-0.39, 0.29) is 11.3 Å². The molecule has 0 amide bonds. The van der Waals surface area contributed by atoms with Gasteiger partial charge in [-0.05, 0) is 36.3 Å². The van der Waals surface area contributed by atoms with Crippen LogP contribution in [0.1, 0.15) is 28.4 Å². The summed E-state index contributed by atoms with van der Waals surface area (Å²) in [4.78, 5) is 12.2. The van der Waals surface area contributed by atoms with Gasteiger partial charge in [0.25, 0.3) is 0 Å². The molecule has 4 heteroatoms. The topological polar surface area (TPSA) is 17.1 Å². The molecule has 0 saturated heterocycles. The Morgan fingerprint density at radius 3 is 2.05 bits per heavy atom. The molecule has 0 radical (unpaired) electrons. The van der Waals surface area contributed by atoms with Gasteiger partial charge in [0.1, 0.15) is 0 Å². The average Bonchev–Trinajstić information content (AvgIpc) is 2.46. The zero-order valence-corrected chi connectivity index (χ0v) is 11.3. The third-order valence-corrected chi connectivity index (χ3v) is 3.02. The highest BCUT2D eigenvalue weighted by Crippen LogP contribution is 2.29. The van der Waals surface area contributed by atoms with Gasteiger partial charge in [0.15, 0.2) is 5.78 Å². The minimum atomic E-state index is -4.39. The lowest BCUT2D eigenvalue weighted by molar-refractivity contribution is -0.137. The Hall–Kier alpha value is -2.36. The van der Waals surface area contributed by atoms with Gasteiger partial charge in [-0.3, -0.25) is 4.79 Å². The smallest absolute Gasteiger partial charge is 0.289 e. The third-order valence-electron chi connectivity index (χ3n) is 3.02. The number of alkyl halides is 3. The van der Waals surface area contributed by atoms with Gasteiger partial charge < -0.3 is 0 Å². The molecular formula is C17H13F3O. The molecule has 2 aromatic carbocycles. The fraction of sp³-hybridized carbons (Fsp3) is 0.118. The summed E-state index contributed by atoms with van der Waals surface area (Å²) in [7, 11) is 0. The predicted molar refractivity (Wildman–Crippen MR) is 75.9 cm³/mol. The second-order valence-corrected chi connectivity index (χ2v) is 4.64. The van der Waals surface area contributed by atoms with Gasteiger partial charge in [-0.1, -0.05) is 42.5 Å². The molecule has 0 heterocycles. The van der Waals surface area contributed by atoms with E-state index in [2.05, 4.69) is 0 Å². The molecule has 2 aromatic rings. The number of carbonyl (C=O) groups excluding carboxylic acids is 1. The molecule has 2 rings (SSSR count). The molecule has 1 nitrogen and oxygen atoms in total. The highest BCUT2D eigenvalue weighted by molar-refractivity contribution is 6.10. The predicted octanol–water partition coefficient (Wildman–Crippen LogP) is 4.99. The van der Waals surface area contributed by atoms with E-state index >= 15 is 0 Å². The molecule has 0 atom stereocenters. The van der Waals surface area contributed by atoms with Crippen molar-refractivity contribution in [3.8, 4) is 0 Å². The van der Waals surface area contributed by atoms with Crippen molar-refractivity contribution in [3.05, 3.63) is 76.9 Å². The van der Waals surface area contributed by atoms with Gasteiger partial charge >= 0.3 is 6.18 Å². The van der Waals surface area contributed by atoms with Crippen molar-refractivity contribution in [1.82, 2.24) is 0 Å². The second-order valence-electron chi connectivity index (χ2n) is 4.64. The Morgan fingerprint density at radius 2 is 1.52 bits per heavy atom. The van der Waals surface area contributed by atoms with Crippen LogP contribution < -0.4 is 0 Å². The lowest BCUT2D eigenvalue weighted by atomic mass is 10.0. The van der Waals surface area contributed by atoms with E-state index in [1.807, 2.05) is 30.3 Å². The summed E-state index contributed by atoms with van der Waals surface area (Å²) >= 11 is 0. The standard InChI is InChI=1S/C17H13F3O/c1-12(11-13-5-3-2-4-6-13)16(21)14-7-9-15(10-8-14)17(18,19)20/h2-11H,1H3/b12-11+. The van der Waals surface area contributed by atoms with E-state index in [9.17, 15) is 18.0 Å². The SMILES string of the molecule is C/C(=C\c1ccccc1)C(=O)c1ccc(C(F)(F)F)cc1. The van der Waals surface area contributed by atoms with E-state index in [4.69, 9.17) is 0 Å². The van der Waals surface area contributed by atoms with Gasteiger partial charge in [-0.2, -0.15) is 13.2 Å². The maximum atomic E-state index is 12.5. The number of Topliss-reactive ketones (excluding diaryl/α,β-unsaturated/α-hetero) is 1. The summed E-state index contributed by atoms with van der Waals surface area (Å²) in [5.74, 6) is -0.285. The summed E-state index contributed by atoms with van der Waals surface area (Å²) in [6, 6.07) is 13.5. The van der Waals surface area contributed by atoms with Crippen molar-refractivity contribution in [2.45, 2.75) is 13.1 Å². The number of rotatable bonds is 3. The van der Waals surface area contributed by atoms with Crippen LogP contribution in [0.2, 0.25) is 0 Å². The first-order valence-corrected chi connectivity index (χ1v) is 6.33. The number of ketones is 1. The highest BCUT2D eigenvalue weighted by Gasteiger charge is 2.30. The molecule has 0 unspecified atom stereocenters. The fourth-order valence-electron chi connectivity index (χ4n) is 1.90. The Balaban J connectivity index is 2.22. The van der Waals surface area contributed by atoms with Crippen molar-refractivity contribution < 1.29 is 18.0 Å². The molecular weight excluding hydrogens is 277 g/mol. The maximum absolute atomic E-state index is 12.5. The molecule has 0 spiro atoms. The van der Waals surface area contributed by atoms with Gasteiger partial charge in [0, 0.05) is 5.56 Å². The van der Waals surface area contributed by atoms with Crippen molar-refractivity contribution in [3.63, 3.8) is 0 Å². The average molecular weight is 290 g/mol. The molecule has 0 aromatic heterocycles. The summed E-state index contributed by atoms with van der Waals surface area (Å²) in [6.07, 6.45) is -2.68. The van der Waals surface area contributed by atoms with Crippen LogP contribution in [-0.4, -0.2) is 5.78 Å². The summed E-state index contributed by atoms with van der Waals surface area (Å²) < 4.78 is 37.4. The van der Waals surface area contributed by atoms with Crippen molar-refractivity contribution in [2.24, 2.45) is 0 Å². The largest absolute Gasteiger partial charge is 0.416 e. The van der Waals surface area contributed by atoms with Gasteiger partial charge in [-0.25, -0.2) is 0 Å². The normalized spacial score (nSPS) is 12.3. The molecule has 0 aliphatic rings. The minimum absolute atomic E-state index is 0.243. The molecule has 108 valence electrons. The Labute approximate surface area is 120 Å². The number of hydrogen-bond donors (Lipinski definition) is 0. The quantitative estimate of drug-likeness (QED) is 0.575. The van der Waals surface area contributed by atoms with Crippen molar-refractivity contribution in [2.75, 3.05) is 0 Å². The van der Waals surface area contributed by atoms with Crippen LogP contribution in [0.5, 0.6) is 0 Å². The third kappa shape index (κ3) is 3.81. The summed E-state index contributed by atoms with van der Waals surface area (Å²) in [5, 5.41) is 0. The van der Waals surface area contributed by atoms with E-state index in [1.54, 1.807) is 13.0 Å². The fourth-order valence-corrected chi connectivity index (χ4v) is 1.90. The molecule has 0 aliphatic heterocycles. The van der Waals surface area contributed by atoms with E-state index < -0.39 is 11.7 Å². The van der Waals surface area contributed by atoms with Crippen LogP contribution >= 0.6 is 0 Å². The maximum Gasteiger partial charge on any atom is 0.416 e. The molecule has 0 bridgehead atoms. The Morgan fingerprint density at radius 1 is 0.952 bits per heavy atom. The van der Waals surface area contributed by atoms with Gasteiger partial charge in [0.05, 0.1) is 5.56 Å². The zero-order valence-electron chi connectivity index (χ0n) is 11.3. The lowest BCUT2D eigenvalue weighted by Gasteiger charge is -2.07. The number of carbonyl (C=O) groups is 1. The molecule has 21 heavy (non-hydrogen) atoms. The molecule has 0 aliphatic carbocycles. The van der Waals surface area contributed by atoms with Gasteiger partial charge in [0.2, 0.25) is 0 Å². The van der Waals surface area contributed by atoms with Crippen LogP contribution in [0.4, 0.5) is 13.2 Å². The van der Waals surface area contributed by atoms with Crippen LogP contribution in [0.25, 0.3) is 6.08 Å². The first-order valence-electron chi connectivity index (χ1n) is 6.33. The Bertz CT molecular complexity index is 653. The molecule has 0 fully saturated rings. The summed E-state index contributed by atoms with van der Waals surface area (Å²) in [6.45, 7) is 1.65. The van der Waals surface area contributed by atoms with Crippen molar-refractivity contribution in [1.29, 1.82) is 0 Å². The van der Waals surface area contributed by atoms with Crippen molar-refractivity contribution >= 4 is 11.9 Å². The van der Waals surface area contributed by atoms with Gasteiger partial charge in [-0.15, -0.1) is 0 Å². The van der Waals surface area contributed by atoms with Crippen LogP contribution in [0.15, 0.2) is 60.2 Å². The first kappa shape index (κ1) is 15.0. The van der Waals surface area contributed by atoms with Crippen LogP contribution in [0, 0.1) is 0 Å². The summed E-state index contributed by atoms with van der Waals surface area (Å²) in [5.41, 5.74) is 0.827. The monoisotopic (exact) mass is 290 g/mol. The molecule has 0 saturated carbocycles. The van der Waals surface area contributed by atoms with E-state index in [1.165, 1.54) is 12.1 Å². The zero-order chi connectivity index (χ0) is 15.5. The minimum Gasteiger partial charge on any atom is -0.289 e. The highest BCUT2D eigenvalue weighted by atomic mass is 19.4. The van der Waals surface area contributed by atoms with Crippen LogP contribution in [-0.2, 0) is 6.18 Å². The number of halogens is 3. The Kier molecular flexibility index (Phi) is 4.26.